The predicted molar refractivity (Wildman–Crippen MR) is 128 cm³/mol. The minimum Gasteiger partial charge on any atom is -0.349 e. The molecule has 176 valence electrons. The lowest BCUT2D eigenvalue weighted by Gasteiger charge is -2.32. The molecule has 3 N–H and O–H groups in total. The number of amides is 1. The monoisotopic (exact) mass is 470 g/mol. The number of fused-ring (bicyclic) bond motifs is 1. The first kappa shape index (κ1) is 23.3. The molecule has 1 aromatic heterocycles. The number of carbonyl (C=O) groups is 1. The Balaban J connectivity index is 1.41. The third kappa shape index (κ3) is 4.60. The second-order valence-electron chi connectivity index (χ2n) is 9.02. The summed E-state index contributed by atoms with van der Waals surface area (Å²) in [6.07, 6.45) is 0.956. The highest BCUT2D eigenvalue weighted by Crippen LogP contribution is 2.29. The Morgan fingerprint density at radius 2 is 1.64 bits per heavy atom. The molecular weight excluding hydrogens is 440 g/mol. The van der Waals surface area contributed by atoms with E-state index in [-0.39, 0.29) is 23.6 Å². The smallest absolute Gasteiger partial charge is 0.323 e. The van der Waals surface area contributed by atoms with E-state index in [9.17, 15) is 18.0 Å². The second-order valence-corrected chi connectivity index (χ2v) is 10.9. The maximum atomic E-state index is 13.3. The van der Waals surface area contributed by atoms with E-state index in [1.165, 1.54) is 4.31 Å². The standard InChI is InChI=1S/C24H30N4O4S/c1-14-11-15(2)22(16(3)12-14)33(31,32)28-9-7-18(8-10-28)23(29)25-17(4)19-5-6-20-21(13-19)27-24(30)26-20/h5-6,11-13,17-18H,7-10H2,1-4H3,(H,25,29)(H2,26,27,30). The van der Waals surface area contributed by atoms with Gasteiger partial charge >= 0.3 is 5.69 Å². The van der Waals surface area contributed by atoms with Crippen molar-refractivity contribution in [3.05, 3.63) is 63.1 Å². The maximum Gasteiger partial charge on any atom is 0.323 e. The minimum atomic E-state index is -3.60. The number of benzene rings is 2. The average Bonchev–Trinajstić information content (AvgIpc) is 3.12. The van der Waals surface area contributed by atoms with Gasteiger partial charge in [-0.15, -0.1) is 0 Å². The van der Waals surface area contributed by atoms with Crippen molar-refractivity contribution in [3.8, 4) is 0 Å². The van der Waals surface area contributed by atoms with Crippen LogP contribution >= 0.6 is 0 Å². The Morgan fingerprint density at radius 1 is 1.03 bits per heavy atom. The van der Waals surface area contributed by atoms with Gasteiger partial charge in [-0.05, 0) is 69.4 Å². The zero-order valence-electron chi connectivity index (χ0n) is 19.4. The van der Waals surface area contributed by atoms with Crippen LogP contribution in [0.4, 0.5) is 0 Å². The number of aryl methyl sites for hydroxylation is 3. The molecular formula is C24H30N4O4S. The SMILES string of the molecule is Cc1cc(C)c(S(=O)(=O)N2CCC(C(=O)NC(C)c3ccc4[nH]c(=O)[nH]c4c3)CC2)c(C)c1. The molecule has 33 heavy (non-hydrogen) atoms. The molecule has 1 amide bonds. The fourth-order valence-corrected chi connectivity index (χ4v) is 6.68. The van der Waals surface area contributed by atoms with Crippen LogP contribution in [0.3, 0.4) is 0 Å². The van der Waals surface area contributed by atoms with Crippen molar-refractivity contribution in [2.75, 3.05) is 13.1 Å². The summed E-state index contributed by atoms with van der Waals surface area (Å²) in [4.78, 5) is 30.2. The molecule has 1 aliphatic heterocycles. The van der Waals surface area contributed by atoms with Gasteiger partial charge in [-0.3, -0.25) is 4.79 Å². The largest absolute Gasteiger partial charge is 0.349 e. The zero-order chi connectivity index (χ0) is 23.9. The lowest BCUT2D eigenvalue weighted by Crippen LogP contribution is -2.43. The fraction of sp³-hybridized carbons (Fsp3) is 0.417. The first-order valence-electron chi connectivity index (χ1n) is 11.2. The predicted octanol–water partition coefficient (Wildman–Crippen LogP) is 3.06. The summed E-state index contributed by atoms with van der Waals surface area (Å²) in [6.45, 7) is 8.14. The molecule has 1 unspecified atom stereocenters. The average molecular weight is 471 g/mol. The van der Waals surface area contributed by atoms with Crippen LogP contribution in [-0.4, -0.2) is 41.7 Å². The van der Waals surface area contributed by atoms with Crippen molar-refractivity contribution in [2.24, 2.45) is 5.92 Å². The van der Waals surface area contributed by atoms with Crippen LogP contribution in [0.15, 0.2) is 40.0 Å². The molecule has 0 spiro atoms. The van der Waals surface area contributed by atoms with Gasteiger partial charge in [0.2, 0.25) is 15.9 Å². The van der Waals surface area contributed by atoms with E-state index < -0.39 is 10.0 Å². The number of aromatic nitrogens is 2. The number of piperidine rings is 1. The van der Waals surface area contributed by atoms with E-state index in [1.807, 2.05) is 58.0 Å². The number of sulfonamides is 1. The number of imidazole rings is 1. The van der Waals surface area contributed by atoms with Gasteiger partial charge in [0.25, 0.3) is 0 Å². The quantitative estimate of drug-likeness (QED) is 0.531. The molecule has 0 radical (unpaired) electrons. The highest BCUT2D eigenvalue weighted by Gasteiger charge is 2.34. The van der Waals surface area contributed by atoms with E-state index >= 15 is 0 Å². The summed E-state index contributed by atoms with van der Waals surface area (Å²) in [5, 5.41) is 3.04. The molecule has 1 atom stereocenters. The van der Waals surface area contributed by atoms with Crippen LogP contribution in [-0.2, 0) is 14.8 Å². The molecule has 1 saturated heterocycles. The van der Waals surface area contributed by atoms with Gasteiger partial charge in [-0.1, -0.05) is 23.8 Å². The summed E-state index contributed by atoms with van der Waals surface area (Å²) in [6, 6.07) is 9.07. The fourth-order valence-electron chi connectivity index (χ4n) is 4.80. The van der Waals surface area contributed by atoms with Crippen LogP contribution in [0.5, 0.6) is 0 Å². The minimum absolute atomic E-state index is 0.0788. The summed E-state index contributed by atoms with van der Waals surface area (Å²) in [5.41, 5.74) is 4.57. The third-order valence-corrected chi connectivity index (χ3v) is 8.63. The molecule has 8 nitrogen and oxygen atoms in total. The van der Waals surface area contributed by atoms with Crippen molar-refractivity contribution in [1.82, 2.24) is 19.6 Å². The van der Waals surface area contributed by atoms with Crippen molar-refractivity contribution in [3.63, 3.8) is 0 Å². The Labute approximate surface area is 193 Å². The lowest BCUT2D eigenvalue weighted by atomic mass is 9.96. The van der Waals surface area contributed by atoms with Gasteiger partial charge < -0.3 is 15.3 Å². The van der Waals surface area contributed by atoms with Crippen LogP contribution < -0.4 is 11.0 Å². The van der Waals surface area contributed by atoms with E-state index in [4.69, 9.17) is 0 Å². The molecule has 4 rings (SSSR count). The van der Waals surface area contributed by atoms with Crippen LogP contribution in [0.2, 0.25) is 0 Å². The van der Waals surface area contributed by atoms with E-state index in [1.54, 1.807) is 0 Å². The normalized spacial score (nSPS) is 16.7. The number of hydrogen-bond acceptors (Lipinski definition) is 4. The first-order chi connectivity index (χ1) is 15.6. The summed E-state index contributed by atoms with van der Waals surface area (Å²) < 4.78 is 28.1. The number of aromatic amines is 2. The van der Waals surface area contributed by atoms with Gasteiger partial charge in [-0.25, -0.2) is 13.2 Å². The Bertz CT molecular complexity index is 1340. The van der Waals surface area contributed by atoms with Gasteiger partial charge in [0.15, 0.2) is 0 Å². The first-order valence-corrected chi connectivity index (χ1v) is 12.6. The maximum absolute atomic E-state index is 13.3. The van der Waals surface area contributed by atoms with Crippen molar-refractivity contribution in [2.45, 2.75) is 51.5 Å². The summed E-state index contributed by atoms with van der Waals surface area (Å²) in [5.74, 6) is -0.320. The molecule has 9 heteroatoms. The van der Waals surface area contributed by atoms with E-state index in [2.05, 4.69) is 15.3 Å². The Hall–Kier alpha value is -2.91. The topological polar surface area (TPSA) is 115 Å². The Kier molecular flexibility index (Phi) is 6.20. The number of nitrogens with one attached hydrogen (secondary N) is 3. The van der Waals surface area contributed by atoms with Crippen molar-refractivity contribution >= 4 is 27.0 Å². The number of H-pyrrole nitrogens is 2. The number of rotatable bonds is 5. The molecule has 1 aliphatic rings. The van der Waals surface area contributed by atoms with Crippen LogP contribution in [0.25, 0.3) is 11.0 Å². The Morgan fingerprint density at radius 3 is 2.27 bits per heavy atom. The summed E-state index contributed by atoms with van der Waals surface area (Å²) in [7, 11) is -3.60. The number of carbonyl (C=O) groups excluding carboxylic acids is 1. The van der Waals surface area contributed by atoms with Gasteiger partial charge in [-0.2, -0.15) is 4.31 Å². The third-order valence-electron chi connectivity index (χ3n) is 6.43. The van der Waals surface area contributed by atoms with E-state index in [0.29, 0.717) is 36.3 Å². The zero-order valence-corrected chi connectivity index (χ0v) is 20.2. The van der Waals surface area contributed by atoms with Gasteiger partial charge in [0, 0.05) is 19.0 Å². The molecule has 1 fully saturated rings. The number of hydrogen-bond donors (Lipinski definition) is 3. The van der Waals surface area contributed by atoms with Crippen LogP contribution in [0.1, 0.15) is 48.1 Å². The van der Waals surface area contributed by atoms with E-state index in [0.717, 1.165) is 27.8 Å². The molecule has 0 saturated carbocycles. The number of nitrogens with zero attached hydrogens (tertiary/aromatic N) is 1. The second kappa shape index (κ2) is 8.79. The lowest BCUT2D eigenvalue weighted by molar-refractivity contribution is -0.126. The van der Waals surface area contributed by atoms with Crippen molar-refractivity contribution < 1.29 is 13.2 Å². The molecule has 0 aliphatic carbocycles. The van der Waals surface area contributed by atoms with Gasteiger partial charge in [0.1, 0.15) is 0 Å². The molecule has 3 aromatic rings. The molecule has 2 aromatic carbocycles. The van der Waals surface area contributed by atoms with Crippen molar-refractivity contribution in [1.29, 1.82) is 0 Å². The highest BCUT2D eigenvalue weighted by molar-refractivity contribution is 7.89. The summed E-state index contributed by atoms with van der Waals surface area (Å²) >= 11 is 0. The molecule has 0 bridgehead atoms. The highest BCUT2D eigenvalue weighted by atomic mass is 32.2. The van der Waals surface area contributed by atoms with Gasteiger partial charge in [0.05, 0.1) is 22.0 Å². The van der Waals surface area contributed by atoms with Crippen LogP contribution in [0, 0.1) is 26.7 Å². The molecule has 2 heterocycles.